The van der Waals surface area contributed by atoms with Gasteiger partial charge in [0.1, 0.15) is 5.82 Å². The highest BCUT2D eigenvalue weighted by molar-refractivity contribution is 5.20. The maximum absolute atomic E-state index is 13.3. The highest BCUT2D eigenvalue weighted by Gasteiger charge is 2.31. The Labute approximate surface area is 78.0 Å². The van der Waals surface area contributed by atoms with E-state index in [4.69, 9.17) is 0 Å². The van der Waals surface area contributed by atoms with Gasteiger partial charge in [-0.2, -0.15) is 0 Å². The first-order valence-corrected chi connectivity index (χ1v) is 4.68. The molecule has 0 radical (unpaired) electrons. The van der Waals surface area contributed by atoms with Crippen molar-refractivity contribution in [1.82, 2.24) is 5.32 Å². The average molecular weight is 179 g/mol. The summed E-state index contributed by atoms with van der Waals surface area (Å²) in [5.41, 5.74) is 0.944. The lowest BCUT2D eigenvalue weighted by Crippen LogP contribution is -2.56. The van der Waals surface area contributed by atoms with Gasteiger partial charge in [-0.1, -0.05) is 18.2 Å². The quantitative estimate of drug-likeness (QED) is 0.733. The highest BCUT2D eigenvalue weighted by Crippen LogP contribution is 2.24. The second-order valence-electron chi connectivity index (χ2n) is 4.01. The second-order valence-corrected chi connectivity index (χ2v) is 4.01. The Morgan fingerprint density at radius 3 is 2.69 bits per heavy atom. The van der Waals surface area contributed by atoms with E-state index in [1.54, 1.807) is 6.07 Å². The van der Waals surface area contributed by atoms with Gasteiger partial charge in [-0.25, -0.2) is 4.39 Å². The summed E-state index contributed by atoms with van der Waals surface area (Å²) >= 11 is 0. The molecule has 1 aliphatic heterocycles. The minimum atomic E-state index is -0.0857. The topological polar surface area (TPSA) is 12.0 Å². The van der Waals surface area contributed by atoms with Crippen LogP contribution in [0, 0.1) is 5.82 Å². The Hall–Kier alpha value is -0.890. The number of hydrogen-bond acceptors (Lipinski definition) is 1. The molecule has 0 bridgehead atoms. The summed E-state index contributed by atoms with van der Waals surface area (Å²) in [6.07, 6.45) is 1.93. The summed E-state index contributed by atoms with van der Waals surface area (Å²) in [5.74, 6) is -0.0857. The van der Waals surface area contributed by atoms with E-state index in [1.165, 1.54) is 6.07 Å². The van der Waals surface area contributed by atoms with E-state index in [9.17, 15) is 4.39 Å². The van der Waals surface area contributed by atoms with Crippen LogP contribution < -0.4 is 5.32 Å². The molecule has 1 nitrogen and oxygen atoms in total. The highest BCUT2D eigenvalue weighted by atomic mass is 19.1. The van der Waals surface area contributed by atoms with Gasteiger partial charge in [-0.15, -0.1) is 0 Å². The van der Waals surface area contributed by atoms with Gasteiger partial charge >= 0.3 is 0 Å². The Kier molecular flexibility index (Phi) is 2.08. The maximum atomic E-state index is 13.3. The molecule has 0 saturated carbocycles. The first-order chi connectivity index (χ1) is 6.20. The van der Waals surface area contributed by atoms with Crippen molar-refractivity contribution >= 4 is 0 Å². The number of nitrogens with one attached hydrogen (secondary N) is 1. The monoisotopic (exact) mass is 179 g/mol. The number of hydrogen-bond donors (Lipinski definition) is 1. The Balaban J connectivity index is 2.13. The predicted molar refractivity (Wildman–Crippen MR) is 51.1 cm³/mol. The number of benzene rings is 1. The van der Waals surface area contributed by atoms with Gasteiger partial charge in [0.2, 0.25) is 0 Å². The van der Waals surface area contributed by atoms with Gasteiger partial charge in [-0.05, 0) is 37.9 Å². The molecule has 2 heteroatoms. The van der Waals surface area contributed by atoms with E-state index >= 15 is 0 Å². The fourth-order valence-corrected chi connectivity index (χ4v) is 1.76. The third-order valence-electron chi connectivity index (χ3n) is 2.77. The fraction of sp³-hybridized carbons (Fsp3) is 0.455. The maximum Gasteiger partial charge on any atom is 0.126 e. The van der Waals surface area contributed by atoms with Gasteiger partial charge in [0.25, 0.3) is 0 Å². The normalized spacial score (nSPS) is 26.9. The van der Waals surface area contributed by atoms with E-state index in [0.717, 1.165) is 24.9 Å². The largest absolute Gasteiger partial charge is 0.311 e. The molecule has 0 aliphatic carbocycles. The molecule has 1 atom stereocenters. The molecule has 1 aliphatic rings. The molecular weight excluding hydrogens is 165 g/mol. The van der Waals surface area contributed by atoms with Crippen molar-refractivity contribution < 1.29 is 4.39 Å². The Bertz CT molecular complexity index is 305. The third-order valence-corrected chi connectivity index (χ3v) is 2.77. The molecule has 1 aromatic rings. The Morgan fingerprint density at radius 2 is 2.15 bits per heavy atom. The number of rotatable bonds is 2. The van der Waals surface area contributed by atoms with Crippen LogP contribution >= 0.6 is 0 Å². The van der Waals surface area contributed by atoms with Crippen LogP contribution in [0.1, 0.15) is 18.9 Å². The van der Waals surface area contributed by atoms with E-state index in [-0.39, 0.29) is 11.4 Å². The summed E-state index contributed by atoms with van der Waals surface area (Å²) in [4.78, 5) is 0. The predicted octanol–water partition coefficient (Wildman–Crippen LogP) is 2.12. The van der Waals surface area contributed by atoms with Crippen molar-refractivity contribution in [3.8, 4) is 0 Å². The molecule has 1 saturated heterocycles. The standard InChI is InChI=1S/C11H14FN/c1-11(6-7-13-11)8-9-4-2-3-5-10(9)12/h2-5,13H,6-8H2,1H3. The molecule has 1 unspecified atom stereocenters. The van der Waals surface area contributed by atoms with Crippen LogP contribution in [-0.4, -0.2) is 12.1 Å². The first-order valence-electron chi connectivity index (χ1n) is 4.68. The Morgan fingerprint density at radius 1 is 1.46 bits per heavy atom. The van der Waals surface area contributed by atoms with Crippen LogP contribution in [0.3, 0.4) is 0 Å². The molecule has 0 amide bonds. The van der Waals surface area contributed by atoms with Crippen LogP contribution in [0.5, 0.6) is 0 Å². The minimum Gasteiger partial charge on any atom is -0.311 e. The smallest absolute Gasteiger partial charge is 0.126 e. The molecule has 70 valence electrons. The molecule has 0 spiro atoms. The van der Waals surface area contributed by atoms with Crippen molar-refractivity contribution in [3.63, 3.8) is 0 Å². The van der Waals surface area contributed by atoms with Gasteiger partial charge in [0, 0.05) is 5.54 Å². The lowest BCUT2D eigenvalue weighted by atomic mass is 9.84. The zero-order chi connectivity index (χ0) is 9.31. The lowest BCUT2D eigenvalue weighted by Gasteiger charge is -2.40. The van der Waals surface area contributed by atoms with Crippen molar-refractivity contribution in [1.29, 1.82) is 0 Å². The fourth-order valence-electron chi connectivity index (χ4n) is 1.76. The molecule has 1 heterocycles. The van der Waals surface area contributed by atoms with Crippen molar-refractivity contribution in [2.75, 3.05) is 6.54 Å². The van der Waals surface area contributed by atoms with Crippen LogP contribution in [-0.2, 0) is 6.42 Å². The second kappa shape index (κ2) is 3.11. The number of halogens is 1. The van der Waals surface area contributed by atoms with E-state index in [1.807, 2.05) is 12.1 Å². The SMILES string of the molecule is CC1(Cc2ccccc2F)CCN1. The zero-order valence-corrected chi connectivity index (χ0v) is 7.81. The molecule has 0 aromatic heterocycles. The van der Waals surface area contributed by atoms with Gasteiger partial charge in [0.05, 0.1) is 0 Å². The van der Waals surface area contributed by atoms with Gasteiger partial charge in [-0.3, -0.25) is 0 Å². The molecule has 2 rings (SSSR count). The zero-order valence-electron chi connectivity index (χ0n) is 7.81. The summed E-state index contributed by atoms with van der Waals surface area (Å²) in [6.45, 7) is 3.20. The molecule has 1 N–H and O–H groups in total. The lowest BCUT2D eigenvalue weighted by molar-refractivity contribution is 0.229. The van der Waals surface area contributed by atoms with Crippen molar-refractivity contribution in [3.05, 3.63) is 35.6 Å². The van der Waals surface area contributed by atoms with E-state index < -0.39 is 0 Å². The summed E-state index contributed by atoms with van der Waals surface area (Å²) in [5, 5.41) is 3.33. The average Bonchev–Trinajstić information content (AvgIpc) is 2.06. The van der Waals surface area contributed by atoms with Crippen LogP contribution in [0.15, 0.2) is 24.3 Å². The third kappa shape index (κ3) is 1.73. The summed E-state index contributed by atoms with van der Waals surface area (Å²) in [7, 11) is 0. The van der Waals surface area contributed by atoms with Crippen molar-refractivity contribution in [2.45, 2.75) is 25.3 Å². The molecule has 1 aromatic carbocycles. The van der Waals surface area contributed by atoms with Crippen molar-refractivity contribution in [2.24, 2.45) is 0 Å². The molecule has 13 heavy (non-hydrogen) atoms. The molecular formula is C11H14FN. The first kappa shape index (κ1) is 8.70. The minimum absolute atomic E-state index is 0.0857. The van der Waals surface area contributed by atoms with Crippen LogP contribution in [0.25, 0.3) is 0 Å². The van der Waals surface area contributed by atoms with Gasteiger partial charge in [0.15, 0.2) is 0 Å². The molecule has 1 fully saturated rings. The summed E-state index contributed by atoms with van der Waals surface area (Å²) < 4.78 is 13.3. The van der Waals surface area contributed by atoms with Crippen LogP contribution in [0.4, 0.5) is 4.39 Å². The summed E-state index contributed by atoms with van der Waals surface area (Å²) in [6, 6.07) is 7.01. The van der Waals surface area contributed by atoms with E-state index in [0.29, 0.717) is 0 Å². The van der Waals surface area contributed by atoms with Gasteiger partial charge < -0.3 is 5.32 Å². The van der Waals surface area contributed by atoms with Crippen LogP contribution in [0.2, 0.25) is 0 Å². The van der Waals surface area contributed by atoms with E-state index in [2.05, 4.69) is 12.2 Å².